The van der Waals surface area contributed by atoms with Gasteiger partial charge in [-0.25, -0.2) is 4.98 Å². The van der Waals surface area contributed by atoms with Gasteiger partial charge in [-0.2, -0.15) is 4.98 Å². The number of rotatable bonds is 11. The number of carboxylic acids is 1. The van der Waals surface area contributed by atoms with Crippen LogP contribution >= 0.6 is 10.5 Å². The molecule has 0 saturated carbocycles. The molecule has 1 fully saturated rings. The number of aromatic carboxylic acids is 1. The van der Waals surface area contributed by atoms with Crippen LogP contribution in [0, 0.1) is 6.92 Å². The van der Waals surface area contributed by atoms with Crippen LogP contribution in [-0.2, 0) is 5.75 Å². The highest BCUT2D eigenvalue weighted by atomic mass is 32.2. The summed E-state index contributed by atoms with van der Waals surface area (Å²) in [5.74, 6) is 0.105. The van der Waals surface area contributed by atoms with E-state index in [0.717, 1.165) is 12.1 Å². The number of carbonyl (C=O) groups is 2. The Balaban J connectivity index is 1.63. The van der Waals surface area contributed by atoms with Crippen LogP contribution < -0.4 is 20.1 Å². The summed E-state index contributed by atoms with van der Waals surface area (Å²) in [6.07, 6.45) is 0.942. The summed E-state index contributed by atoms with van der Waals surface area (Å²) in [5, 5.41) is 24.8. The summed E-state index contributed by atoms with van der Waals surface area (Å²) in [6, 6.07) is 9.96. The molecule has 2 aromatic heterocycles. The molecule has 3 N–H and O–H groups in total. The Hall–Kier alpha value is -3.61. The fourth-order valence-electron chi connectivity index (χ4n) is 5.45. The molecular weight excluding hydrogens is 566 g/mol. The number of anilines is 1. The van der Waals surface area contributed by atoms with Gasteiger partial charge in [-0.15, -0.1) is 4.99 Å². The van der Waals surface area contributed by atoms with Gasteiger partial charge < -0.3 is 25.2 Å². The van der Waals surface area contributed by atoms with E-state index < -0.39 is 16.4 Å². The lowest BCUT2D eigenvalue weighted by Gasteiger charge is -2.30. The van der Waals surface area contributed by atoms with Crippen molar-refractivity contribution in [1.82, 2.24) is 25.2 Å². The minimum atomic E-state index is -1.20. The number of nitrogens with zero attached hydrogens (tertiary/aromatic N) is 5. The van der Waals surface area contributed by atoms with Crippen LogP contribution in [0.2, 0.25) is 0 Å². The molecule has 0 bridgehead atoms. The predicted octanol–water partition coefficient (Wildman–Crippen LogP) is 2.95. The Labute approximate surface area is 255 Å². The number of H-pyrrole nitrogens is 1. The molecule has 3 aromatic rings. The van der Waals surface area contributed by atoms with Gasteiger partial charge in [-0.1, -0.05) is 12.1 Å². The highest BCUT2D eigenvalue weighted by Gasteiger charge is 2.24. The number of benzene rings is 1. The highest BCUT2D eigenvalue weighted by Crippen LogP contribution is 2.28. The van der Waals surface area contributed by atoms with Crippen molar-refractivity contribution in [3.8, 4) is 11.3 Å². The molecule has 43 heavy (non-hydrogen) atoms. The van der Waals surface area contributed by atoms with Gasteiger partial charge in [0.05, 0.1) is 17.5 Å². The number of thiazole rings is 1. The van der Waals surface area contributed by atoms with Crippen LogP contribution in [-0.4, -0.2) is 81.2 Å². The summed E-state index contributed by atoms with van der Waals surface area (Å²) in [7, 11) is -0.775. The molecular formula is C31H43N7O4S. The second kappa shape index (κ2) is 14.2. The number of aliphatic hydroxyl groups excluding tert-OH is 1. The van der Waals surface area contributed by atoms with Gasteiger partial charge in [0.2, 0.25) is 4.88 Å². The van der Waals surface area contributed by atoms with E-state index in [1.165, 1.54) is 0 Å². The maximum absolute atomic E-state index is 12.9. The van der Waals surface area contributed by atoms with E-state index in [1.807, 2.05) is 25.1 Å². The number of aliphatic hydroxyl groups is 1. The zero-order valence-electron chi connectivity index (χ0n) is 25.9. The highest BCUT2D eigenvalue weighted by molar-refractivity contribution is 7.30. The minimum absolute atomic E-state index is 0.133. The average Bonchev–Trinajstić information content (AvgIpc) is 3.29. The molecule has 1 unspecified atom stereocenters. The number of carbonyl (C=O) groups excluding carboxylic acids is 2. The lowest BCUT2D eigenvalue weighted by atomic mass is 10.1. The lowest BCUT2D eigenvalue weighted by Crippen LogP contribution is -2.42. The van der Waals surface area contributed by atoms with Crippen LogP contribution in [0.4, 0.5) is 11.8 Å². The number of aryl methyl sites for hydroxylation is 1. The quantitative estimate of drug-likeness (QED) is 0.281. The average molecular weight is 610 g/mol. The first-order valence-electron chi connectivity index (χ1n) is 14.9. The first-order chi connectivity index (χ1) is 20.5. The van der Waals surface area contributed by atoms with Gasteiger partial charge in [0.15, 0.2) is 0 Å². The first-order valence-corrected chi connectivity index (χ1v) is 16.3. The minimum Gasteiger partial charge on any atom is -0.540 e. The molecule has 0 radical (unpaired) electrons. The van der Waals surface area contributed by atoms with Crippen LogP contribution in [0.25, 0.3) is 11.3 Å². The molecule has 3 heterocycles. The molecule has 232 valence electrons. The SMILES string of the molecule is CC[s+]1c(C(=O)[O-])c(C)[nH]c1=Nc1nc(-c2ccc(C(=O)NCCN(C(C)C)C(C)C)cc2)cc(N2CCC(O)CC2)n1. The molecule has 0 aliphatic carbocycles. The Morgan fingerprint density at radius 1 is 1.16 bits per heavy atom. The Kier molecular flexibility index (Phi) is 10.7. The predicted molar refractivity (Wildman–Crippen MR) is 167 cm³/mol. The molecule has 1 atom stereocenters. The van der Waals surface area contributed by atoms with E-state index in [1.54, 1.807) is 19.1 Å². The van der Waals surface area contributed by atoms with Crippen molar-refractivity contribution < 1.29 is 19.8 Å². The number of piperidine rings is 1. The number of amides is 1. The smallest absolute Gasteiger partial charge is 0.348 e. The summed E-state index contributed by atoms with van der Waals surface area (Å²) in [5.41, 5.74) is 2.50. The number of hydrogen-bond donors (Lipinski definition) is 3. The van der Waals surface area contributed by atoms with Crippen LogP contribution in [0.15, 0.2) is 35.3 Å². The van der Waals surface area contributed by atoms with Crippen molar-refractivity contribution in [1.29, 1.82) is 0 Å². The van der Waals surface area contributed by atoms with Crippen molar-refractivity contribution in [2.45, 2.75) is 78.3 Å². The number of nitrogens with one attached hydrogen (secondary N) is 2. The van der Waals surface area contributed by atoms with Crippen molar-refractivity contribution in [2.75, 3.05) is 31.1 Å². The zero-order valence-corrected chi connectivity index (χ0v) is 26.7. The van der Waals surface area contributed by atoms with Gasteiger partial charge in [0.1, 0.15) is 17.5 Å². The fraction of sp³-hybridized carbons (Fsp3) is 0.516. The molecule has 1 aromatic carbocycles. The normalized spacial score (nSPS) is 15.2. The van der Waals surface area contributed by atoms with E-state index >= 15 is 0 Å². The third-order valence-electron chi connectivity index (χ3n) is 7.70. The maximum Gasteiger partial charge on any atom is 0.348 e. The molecule has 1 aliphatic rings. The topological polar surface area (TPSA) is 150 Å². The summed E-state index contributed by atoms with van der Waals surface area (Å²) < 4.78 is 0. The first kappa shape index (κ1) is 32.3. The van der Waals surface area contributed by atoms with E-state index in [2.05, 4.69) is 52.8 Å². The van der Waals surface area contributed by atoms with Gasteiger partial charge >= 0.3 is 4.80 Å². The Morgan fingerprint density at radius 2 is 1.81 bits per heavy atom. The Morgan fingerprint density at radius 3 is 2.40 bits per heavy atom. The van der Waals surface area contributed by atoms with E-state index in [9.17, 15) is 19.8 Å². The van der Waals surface area contributed by atoms with Gasteiger partial charge in [-0.3, -0.25) is 14.7 Å². The molecule has 12 heteroatoms. The third-order valence-corrected chi connectivity index (χ3v) is 9.91. The standard InChI is InChI=1S/C31H43N7O4S/c1-7-43-27(29(41)42)21(6)33-31(43)36-30-34-25(18-26(35-30)37-15-12-24(39)13-16-37)22-8-10-23(11-9-22)28(40)32-14-17-38(19(2)3)20(4)5/h8-11,18-20,24,39H,7,12-17H2,1-6H3,(H2-,32,33,34,35,36,40,41,42). The van der Waals surface area contributed by atoms with Crippen LogP contribution in [0.1, 0.15) is 73.2 Å². The van der Waals surface area contributed by atoms with E-state index in [4.69, 9.17) is 9.97 Å². The van der Waals surface area contributed by atoms with E-state index in [-0.39, 0.29) is 22.8 Å². The zero-order chi connectivity index (χ0) is 31.3. The molecule has 0 spiro atoms. The van der Waals surface area contributed by atoms with Crippen molar-refractivity contribution in [2.24, 2.45) is 4.99 Å². The second-order valence-electron chi connectivity index (χ2n) is 11.4. The molecule has 1 aliphatic heterocycles. The lowest BCUT2D eigenvalue weighted by molar-refractivity contribution is -0.254. The maximum atomic E-state index is 12.9. The summed E-state index contributed by atoms with van der Waals surface area (Å²) in [6.45, 7) is 14.8. The summed E-state index contributed by atoms with van der Waals surface area (Å²) in [4.78, 5) is 47.0. The number of hydrogen-bond acceptors (Lipinski definition) is 9. The van der Waals surface area contributed by atoms with Gasteiger partial charge in [0, 0.05) is 65.9 Å². The van der Waals surface area contributed by atoms with Gasteiger partial charge in [0.25, 0.3) is 11.9 Å². The largest absolute Gasteiger partial charge is 0.540 e. The molecule has 4 rings (SSSR count). The monoisotopic (exact) mass is 609 g/mol. The van der Waals surface area contributed by atoms with Crippen LogP contribution in [0.3, 0.4) is 0 Å². The van der Waals surface area contributed by atoms with E-state index in [0.29, 0.717) is 77.9 Å². The fourth-order valence-corrected chi connectivity index (χ4v) is 7.30. The van der Waals surface area contributed by atoms with Crippen molar-refractivity contribution in [3.63, 3.8) is 0 Å². The summed E-state index contributed by atoms with van der Waals surface area (Å²) >= 11 is 0. The molecule has 1 saturated heterocycles. The number of aromatic amines is 1. The van der Waals surface area contributed by atoms with Gasteiger partial charge in [-0.05, 0) is 66.5 Å². The van der Waals surface area contributed by atoms with Crippen molar-refractivity contribution >= 4 is 34.1 Å². The van der Waals surface area contributed by atoms with Crippen molar-refractivity contribution in [3.05, 3.63) is 51.3 Å². The Bertz CT molecular complexity index is 1480. The third kappa shape index (κ3) is 7.87. The number of aromatic nitrogens is 3. The molecule has 1 amide bonds. The second-order valence-corrected chi connectivity index (χ2v) is 13.5. The van der Waals surface area contributed by atoms with Crippen LogP contribution in [0.5, 0.6) is 0 Å². The number of carboxylic acid groups (broad SMARTS) is 1. The molecule has 11 nitrogen and oxygen atoms in total.